The van der Waals surface area contributed by atoms with Crippen molar-refractivity contribution in [3.8, 4) is 0 Å². The molecule has 84 valence electrons. The number of thioether (sulfide) groups is 1. The van der Waals surface area contributed by atoms with E-state index in [1.165, 1.54) is 0 Å². The van der Waals surface area contributed by atoms with E-state index < -0.39 is 6.10 Å². The molecular weight excluding hydrogens is 222 g/mol. The first-order valence-electron chi connectivity index (χ1n) is 5.05. The fraction of sp³-hybridized carbons (Fsp3) is 0.250. The summed E-state index contributed by atoms with van der Waals surface area (Å²) in [6.45, 7) is 1.74. The van der Waals surface area contributed by atoms with Gasteiger partial charge in [-0.3, -0.25) is 0 Å². The highest BCUT2D eigenvalue weighted by Gasteiger charge is 2.09. The lowest BCUT2D eigenvalue weighted by molar-refractivity contribution is 0.195. The minimum atomic E-state index is -0.493. The van der Waals surface area contributed by atoms with Crippen LogP contribution >= 0.6 is 11.8 Å². The summed E-state index contributed by atoms with van der Waals surface area (Å²) >= 11 is 1.57. The summed E-state index contributed by atoms with van der Waals surface area (Å²) in [5.41, 5.74) is 0.860. The first kappa shape index (κ1) is 11.2. The molecule has 0 bridgehead atoms. The lowest BCUT2D eigenvalue weighted by Gasteiger charge is -2.09. The van der Waals surface area contributed by atoms with Gasteiger partial charge < -0.3 is 9.52 Å². The number of aliphatic hydroxyl groups is 1. The zero-order chi connectivity index (χ0) is 11.4. The summed E-state index contributed by atoms with van der Waals surface area (Å²) < 4.78 is 5.24. The third-order valence-electron chi connectivity index (χ3n) is 2.18. The van der Waals surface area contributed by atoms with Crippen molar-refractivity contribution >= 4 is 11.8 Å². The molecule has 0 spiro atoms. The minimum absolute atomic E-state index is 0.493. The average molecular weight is 235 g/mol. The van der Waals surface area contributed by atoms with Gasteiger partial charge in [0.1, 0.15) is 10.8 Å². The van der Waals surface area contributed by atoms with E-state index in [2.05, 4.69) is 4.98 Å². The highest BCUT2D eigenvalue weighted by molar-refractivity contribution is 7.98. The summed E-state index contributed by atoms with van der Waals surface area (Å²) in [6.07, 6.45) is 2.90. The molecule has 0 radical (unpaired) electrons. The Labute approximate surface area is 98.5 Å². The van der Waals surface area contributed by atoms with Crippen LogP contribution in [-0.2, 0) is 5.75 Å². The molecule has 2 aromatic heterocycles. The van der Waals surface area contributed by atoms with Crippen molar-refractivity contribution < 1.29 is 9.52 Å². The molecule has 0 aliphatic carbocycles. The summed E-state index contributed by atoms with van der Waals surface area (Å²) in [7, 11) is 0. The predicted molar refractivity (Wildman–Crippen MR) is 63.1 cm³/mol. The molecule has 1 atom stereocenters. The standard InChI is InChI=1S/C12H13NO2S/c1-9(14)11-5-2-6-13-12(11)16-8-10-4-3-7-15-10/h2-7,9,14H,8H2,1H3/t9-/m1/s1. The molecule has 2 rings (SSSR count). The van der Waals surface area contributed by atoms with Crippen molar-refractivity contribution in [3.63, 3.8) is 0 Å². The van der Waals surface area contributed by atoms with Crippen LogP contribution in [0.3, 0.4) is 0 Å². The number of pyridine rings is 1. The van der Waals surface area contributed by atoms with Gasteiger partial charge in [-0.05, 0) is 25.1 Å². The highest BCUT2D eigenvalue weighted by Crippen LogP contribution is 2.27. The van der Waals surface area contributed by atoms with E-state index in [0.29, 0.717) is 0 Å². The number of aromatic nitrogens is 1. The summed E-state index contributed by atoms with van der Waals surface area (Å²) in [5.74, 6) is 1.64. The summed E-state index contributed by atoms with van der Waals surface area (Å²) in [5, 5.41) is 10.4. The molecule has 0 amide bonds. The lowest BCUT2D eigenvalue weighted by Crippen LogP contribution is -1.96. The fourth-order valence-electron chi connectivity index (χ4n) is 1.38. The van der Waals surface area contributed by atoms with Crippen molar-refractivity contribution in [2.75, 3.05) is 0 Å². The van der Waals surface area contributed by atoms with E-state index in [-0.39, 0.29) is 0 Å². The fourth-order valence-corrected chi connectivity index (χ4v) is 2.36. The molecule has 2 aromatic rings. The number of aliphatic hydroxyl groups excluding tert-OH is 1. The Hall–Kier alpha value is -1.26. The van der Waals surface area contributed by atoms with Crippen molar-refractivity contribution in [2.45, 2.75) is 23.8 Å². The predicted octanol–water partition coefficient (Wildman–Crippen LogP) is 3.02. The normalized spacial score (nSPS) is 12.6. The van der Waals surface area contributed by atoms with Crippen molar-refractivity contribution in [3.05, 3.63) is 48.0 Å². The topological polar surface area (TPSA) is 46.3 Å². The molecule has 0 saturated carbocycles. The van der Waals surface area contributed by atoms with Crippen LogP contribution < -0.4 is 0 Å². The zero-order valence-corrected chi connectivity index (χ0v) is 9.78. The Morgan fingerprint density at radius 1 is 1.44 bits per heavy atom. The molecule has 0 aromatic carbocycles. The van der Waals surface area contributed by atoms with Gasteiger partial charge in [-0.25, -0.2) is 4.98 Å². The molecular formula is C12H13NO2S. The van der Waals surface area contributed by atoms with E-state index in [1.54, 1.807) is 31.1 Å². The quantitative estimate of drug-likeness (QED) is 0.827. The molecule has 0 aliphatic rings. The van der Waals surface area contributed by atoms with Crippen LogP contribution in [0, 0.1) is 0 Å². The van der Waals surface area contributed by atoms with Crippen LogP contribution in [0.2, 0.25) is 0 Å². The number of rotatable bonds is 4. The van der Waals surface area contributed by atoms with Gasteiger partial charge in [0.05, 0.1) is 18.1 Å². The molecule has 16 heavy (non-hydrogen) atoms. The summed E-state index contributed by atoms with van der Waals surface area (Å²) in [4.78, 5) is 4.26. The second-order valence-electron chi connectivity index (χ2n) is 3.44. The van der Waals surface area contributed by atoms with E-state index in [9.17, 15) is 5.11 Å². The van der Waals surface area contributed by atoms with Crippen LogP contribution in [0.1, 0.15) is 24.4 Å². The van der Waals surface area contributed by atoms with E-state index in [4.69, 9.17) is 4.42 Å². The molecule has 3 nitrogen and oxygen atoms in total. The van der Waals surface area contributed by atoms with Gasteiger partial charge >= 0.3 is 0 Å². The number of hydrogen-bond donors (Lipinski definition) is 1. The maximum atomic E-state index is 9.58. The number of nitrogens with zero attached hydrogens (tertiary/aromatic N) is 1. The van der Waals surface area contributed by atoms with Gasteiger partial charge in [0.25, 0.3) is 0 Å². The van der Waals surface area contributed by atoms with Crippen LogP contribution in [-0.4, -0.2) is 10.1 Å². The first-order valence-corrected chi connectivity index (χ1v) is 6.04. The van der Waals surface area contributed by atoms with Crippen LogP contribution in [0.4, 0.5) is 0 Å². The van der Waals surface area contributed by atoms with E-state index in [0.717, 1.165) is 22.1 Å². The smallest absolute Gasteiger partial charge is 0.114 e. The maximum Gasteiger partial charge on any atom is 0.114 e. The molecule has 0 saturated heterocycles. The molecule has 0 aliphatic heterocycles. The van der Waals surface area contributed by atoms with Crippen LogP contribution in [0.25, 0.3) is 0 Å². The van der Waals surface area contributed by atoms with Gasteiger partial charge in [0.15, 0.2) is 0 Å². The Morgan fingerprint density at radius 3 is 3.00 bits per heavy atom. The second kappa shape index (κ2) is 5.18. The Balaban J connectivity index is 2.09. The lowest BCUT2D eigenvalue weighted by atomic mass is 10.2. The molecule has 4 heteroatoms. The van der Waals surface area contributed by atoms with Gasteiger partial charge in [0.2, 0.25) is 0 Å². The Bertz CT molecular complexity index is 440. The van der Waals surface area contributed by atoms with Crippen molar-refractivity contribution in [2.24, 2.45) is 0 Å². The summed E-state index contributed by atoms with van der Waals surface area (Å²) in [6, 6.07) is 7.52. The Kier molecular flexibility index (Phi) is 3.64. The van der Waals surface area contributed by atoms with E-state index in [1.807, 2.05) is 24.3 Å². The maximum absolute atomic E-state index is 9.58. The average Bonchev–Trinajstić information content (AvgIpc) is 2.79. The van der Waals surface area contributed by atoms with Gasteiger partial charge in [-0.2, -0.15) is 0 Å². The van der Waals surface area contributed by atoms with Crippen LogP contribution in [0.5, 0.6) is 0 Å². The van der Waals surface area contributed by atoms with Crippen molar-refractivity contribution in [1.82, 2.24) is 4.98 Å². The Morgan fingerprint density at radius 2 is 2.31 bits per heavy atom. The molecule has 0 unspecified atom stereocenters. The third-order valence-corrected chi connectivity index (χ3v) is 3.23. The monoisotopic (exact) mass is 235 g/mol. The second-order valence-corrected chi connectivity index (χ2v) is 4.41. The number of hydrogen-bond acceptors (Lipinski definition) is 4. The molecule has 1 N–H and O–H groups in total. The minimum Gasteiger partial charge on any atom is -0.468 e. The highest BCUT2D eigenvalue weighted by atomic mass is 32.2. The van der Waals surface area contributed by atoms with Crippen LogP contribution in [0.15, 0.2) is 46.2 Å². The largest absolute Gasteiger partial charge is 0.468 e. The van der Waals surface area contributed by atoms with Crippen molar-refractivity contribution in [1.29, 1.82) is 0 Å². The third kappa shape index (κ3) is 2.65. The number of furan rings is 1. The van der Waals surface area contributed by atoms with E-state index >= 15 is 0 Å². The van der Waals surface area contributed by atoms with Gasteiger partial charge in [0, 0.05) is 11.8 Å². The molecule has 2 heterocycles. The first-order chi connectivity index (χ1) is 7.77. The molecule has 0 fully saturated rings. The van der Waals surface area contributed by atoms with Gasteiger partial charge in [-0.1, -0.05) is 17.8 Å². The SMILES string of the molecule is C[C@@H](O)c1cccnc1SCc1ccco1. The zero-order valence-electron chi connectivity index (χ0n) is 8.96. The van der Waals surface area contributed by atoms with Gasteiger partial charge in [-0.15, -0.1) is 0 Å².